The highest BCUT2D eigenvalue weighted by Crippen LogP contribution is 2.27. The van der Waals surface area contributed by atoms with Crippen LogP contribution in [-0.4, -0.2) is 47.5 Å². The normalized spacial score (nSPS) is 15.7. The second-order valence-electron chi connectivity index (χ2n) is 8.73. The number of hydrogen-bond donors (Lipinski definition) is 1. The Balaban J connectivity index is 1.79. The molecule has 1 aliphatic heterocycles. The predicted octanol–water partition coefficient (Wildman–Crippen LogP) is 4.37. The third-order valence-electron chi connectivity index (χ3n) is 5.30. The van der Waals surface area contributed by atoms with Crippen LogP contribution in [0.2, 0.25) is 0 Å². The van der Waals surface area contributed by atoms with Crippen LogP contribution in [0, 0.1) is 12.8 Å². The molecule has 152 valence electrons. The first-order chi connectivity index (χ1) is 13.3. The van der Waals surface area contributed by atoms with Crippen molar-refractivity contribution in [2.24, 2.45) is 5.92 Å². The molecule has 1 saturated heterocycles. The molecule has 1 aromatic carbocycles. The molecule has 6 heteroatoms. The second-order valence-corrected chi connectivity index (χ2v) is 8.73. The summed E-state index contributed by atoms with van der Waals surface area (Å²) in [5, 5.41) is 7.87. The van der Waals surface area contributed by atoms with Crippen LogP contribution < -0.4 is 5.32 Å². The predicted molar refractivity (Wildman–Crippen MR) is 112 cm³/mol. The van der Waals surface area contributed by atoms with E-state index in [1.54, 1.807) is 7.11 Å². The highest BCUT2D eigenvalue weighted by molar-refractivity contribution is 5.89. The van der Waals surface area contributed by atoms with E-state index in [1.807, 2.05) is 27.8 Å². The zero-order valence-electron chi connectivity index (χ0n) is 17.7. The van der Waals surface area contributed by atoms with Gasteiger partial charge in [-0.3, -0.25) is 5.32 Å². The highest BCUT2D eigenvalue weighted by Gasteiger charge is 2.25. The molecule has 0 aliphatic carbocycles. The van der Waals surface area contributed by atoms with Gasteiger partial charge in [-0.15, -0.1) is 0 Å². The summed E-state index contributed by atoms with van der Waals surface area (Å²) in [6.07, 6.45) is 1.96. The zero-order chi connectivity index (χ0) is 20.3. The fraction of sp³-hybridized carbons (Fsp3) is 0.545. The number of methoxy groups -OCH3 is 1. The maximum absolute atomic E-state index is 12.9. The number of nitrogens with one attached hydrogen (secondary N) is 1. The lowest BCUT2D eigenvalue weighted by molar-refractivity contribution is 0.110. The van der Waals surface area contributed by atoms with Crippen LogP contribution in [0.4, 0.5) is 10.6 Å². The number of anilines is 1. The Morgan fingerprint density at radius 1 is 1.21 bits per heavy atom. The lowest BCUT2D eigenvalue weighted by Gasteiger charge is -2.31. The Morgan fingerprint density at radius 2 is 1.86 bits per heavy atom. The molecule has 2 amide bonds. The SMILES string of the molecule is COCC1CCN(C(=O)Nc2cc(C(C)(C)C)nn2-c2ccc(C)cc2)CC1. The molecule has 3 rings (SSSR count). The van der Waals surface area contributed by atoms with Gasteiger partial charge in [0.1, 0.15) is 5.82 Å². The van der Waals surface area contributed by atoms with E-state index in [-0.39, 0.29) is 11.4 Å². The van der Waals surface area contributed by atoms with Crippen LogP contribution in [0.1, 0.15) is 44.9 Å². The average Bonchev–Trinajstić information content (AvgIpc) is 3.07. The minimum Gasteiger partial charge on any atom is -0.384 e. The third kappa shape index (κ3) is 4.73. The van der Waals surface area contributed by atoms with Gasteiger partial charge in [0.2, 0.25) is 0 Å². The Kier molecular flexibility index (Phi) is 6.08. The molecule has 28 heavy (non-hydrogen) atoms. The summed E-state index contributed by atoms with van der Waals surface area (Å²) in [6, 6.07) is 10.1. The number of ether oxygens (including phenoxy) is 1. The first-order valence-electron chi connectivity index (χ1n) is 10.0. The van der Waals surface area contributed by atoms with Crippen LogP contribution in [0.3, 0.4) is 0 Å². The minimum atomic E-state index is -0.103. The lowest BCUT2D eigenvalue weighted by atomic mass is 9.92. The van der Waals surface area contributed by atoms with Crippen LogP contribution in [0.15, 0.2) is 30.3 Å². The molecule has 1 aromatic heterocycles. The highest BCUT2D eigenvalue weighted by atomic mass is 16.5. The van der Waals surface area contributed by atoms with Gasteiger partial charge in [0.15, 0.2) is 0 Å². The lowest BCUT2D eigenvalue weighted by Crippen LogP contribution is -2.42. The molecular formula is C22H32N4O2. The molecule has 1 N–H and O–H groups in total. The van der Waals surface area contributed by atoms with E-state index in [0.717, 1.165) is 43.9 Å². The van der Waals surface area contributed by atoms with E-state index >= 15 is 0 Å². The first-order valence-corrected chi connectivity index (χ1v) is 10.0. The quantitative estimate of drug-likeness (QED) is 0.852. The maximum Gasteiger partial charge on any atom is 0.323 e. The fourth-order valence-corrected chi connectivity index (χ4v) is 3.45. The molecule has 0 atom stereocenters. The van der Waals surface area contributed by atoms with E-state index in [4.69, 9.17) is 9.84 Å². The Morgan fingerprint density at radius 3 is 2.43 bits per heavy atom. The summed E-state index contributed by atoms with van der Waals surface area (Å²) in [7, 11) is 1.73. The number of amides is 2. The van der Waals surface area contributed by atoms with Crippen molar-refractivity contribution >= 4 is 11.8 Å². The Hall–Kier alpha value is -2.34. The van der Waals surface area contributed by atoms with Gasteiger partial charge in [-0.2, -0.15) is 5.10 Å². The zero-order valence-corrected chi connectivity index (χ0v) is 17.7. The van der Waals surface area contributed by atoms with E-state index < -0.39 is 0 Å². The number of urea groups is 1. The van der Waals surface area contributed by atoms with E-state index in [2.05, 4.69) is 45.1 Å². The monoisotopic (exact) mass is 384 g/mol. The van der Waals surface area contributed by atoms with Gasteiger partial charge in [-0.1, -0.05) is 38.5 Å². The van der Waals surface area contributed by atoms with E-state index in [1.165, 1.54) is 5.56 Å². The molecular weight excluding hydrogens is 352 g/mol. The minimum absolute atomic E-state index is 0.0652. The van der Waals surface area contributed by atoms with Crippen molar-refractivity contribution < 1.29 is 9.53 Å². The average molecular weight is 385 g/mol. The summed E-state index contributed by atoms with van der Waals surface area (Å²) < 4.78 is 7.08. The molecule has 0 spiro atoms. The number of aromatic nitrogens is 2. The summed E-state index contributed by atoms with van der Waals surface area (Å²) >= 11 is 0. The van der Waals surface area contributed by atoms with Gasteiger partial charge in [-0.05, 0) is 37.8 Å². The number of likely N-dealkylation sites (tertiary alicyclic amines) is 1. The van der Waals surface area contributed by atoms with Gasteiger partial charge in [0.05, 0.1) is 11.4 Å². The largest absolute Gasteiger partial charge is 0.384 e. The molecule has 6 nitrogen and oxygen atoms in total. The molecule has 1 fully saturated rings. The van der Waals surface area contributed by atoms with Crippen molar-refractivity contribution in [3.8, 4) is 5.69 Å². The van der Waals surface area contributed by atoms with Gasteiger partial charge < -0.3 is 9.64 Å². The van der Waals surface area contributed by atoms with Crippen LogP contribution in [0.5, 0.6) is 0 Å². The smallest absolute Gasteiger partial charge is 0.323 e. The number of rotatable bonds is 4. The molecule has 0 saturated carbocycles. The summed E-state index contributed by atoms with van der Waals surface area (Å²) in [6.45, 7) is 10.7. The number of carbonyl (C=O) groups excluding carboxylic acids is 1. The molecule has 2 aromatic rings. The molecule has 1 aliphatic rings. The fourth-order valence-electron chi connectivity index (χ4n) is 3.45. The van der Waals surface area contributed by atoms with Crippen molar-refractivity contribution in [1.29, 1.82) is 0 Å². The second kappa shape index (κ2) is 8.35. The van der Waals surface area contributed by atoms with Gasteiger partial charge in [-0.25, -0.2) is 9.48 Å². The Bertz CT molecular complexity index is 797. The number of hydrogen-bond acceptors (Lipinski definition) is 3. The summed E-state index contributed by atoms with van der Waals surface area (Å²) in [5.74, 6) is 1.25. The van der Waals surface area contributed by atoms with E-state index in [0.29, 0.717) is 11.7 Å². The van der Waals surface area contributed by atoms with Crippen molar-refractivity contribution in [2.75, 3.05) is 32.1 Å². The number of nitrogens with zero attached hydrogens (tertiary/aromatic N) is 3. The number of aryl methyl sites for hydroxylation is 1. The summed E-state index contributed by atoms with van der Waals surface area (Å²) in [5.41, 5.74) is 2.97. The molecule has 2 heterocycles. The molecule has 0 unspecified atom stereocenters. The Labute approximate surface area is 167 Å². The van der Waals surface area contributed by atoms with Crippen molar-refractivity contribution in [3.05, 3.63) is 41.6 Å². The van der Waals surface area contributed by atoms with Crippen molar-refractivity contribution in [2.45, 2.75) is 46.0 Å². The number of benzene rings is 1. The number of piperidine rings is 1. The standard InChI is InChI=1S/C22H32N4O2/c1-16-6-8-18(9-7-16)26-20(14-19(24-26)22(2,3)4)23-21(27)25-12-10-17(11-13-25)15-28-5/h6-9,14,17H,10-13,15H2,1-5H3,(H,23,27). The summed E-state index contributed by atoms with van der Waals surface area (Å²) in [4.78, 5) is 14.8. The van der Waals surface area contributed by atoms with Crippen molar-refractivity contribution in [3.63, 3.8) is 0 Å². The number of carbonyl (C=O) groups is 1. The van der Waals surface area contributed by atoms with Crippen LogP contribution in [0.25, 0.3) is 5.69 Å². The third-order valence-corrected chi connectivity index (χ3v) is 5.30. The van der Waals surface area contributed by atoms with Crippen LogP contribution in [-0.2, 0) is 10.2 Å². The van der Waals surface area contributed by atoms with Gasteiger partial charge in [0.25, 0.3) is 0 Å². The molecule has 0 bridgehead atoms. The topological polar surface area (TPSA) is 59.4 Å². The van der Waals surface area contributed by atoms with Gasteiger partial charge >= 0.3 is 6.03 Å². The maximum atomic E-state index is 12.9. The van der Waals surface area contributed by atoms with Crippen LogP contribution >= 0.6 is 0 Å². The van der Waals surface area contributed by atoms with Crippen molar-refractivity contribution in [1.82, 2.24) is 14.7 Å². The first kappa shape index (κ1) is 20.4. The van der Waals surface area contributed by atoms with E-state index in [9.17, 15) is 4.79 Å². The van der Waals surface area contributed by atoms with Gasteiger partial charge in [0, 0.05) is 38.3 Å². The molecule has 0 radical (unpaired) electrons.